The molecular formula is C14H21N3O. The highest BCUT2D eigenvalue weighted by Gasteiger charge is 2.29. The van der Waals surface area contributed by atoms with Gasteiger partial charge in [-0.25, -0.2) is 4.98 Å². The molecule has 4 nitrogen and oxygen atoms in total. The first kappa shape index (κ1) is 12.9. The number of nitrogens with one attached hydrogen (secondary N) is 1. The Bertz CT molecular complexity index is 452. The van der Waals surface area contributed by atoms with Crippen LogP contribution in [0.1, 0.15) is 55.6 Å². The minimum Gasteiger partial charge on any atom is -0.384 e. The molecule has 98 valence electrons. The molecule has 1 unspecified atom stereocenters. The first-order valence-corrected chi connectivity index (χ1v) is 6.55. The molecule has 2 rings (SSSR count). The number of nitrogen functional groups attached to an aromatic ring is 1. The van der Waals surface area contributed by atoms with Gasteiger partial charge in [0.05, 0.1) is 0 Å². The highest BCUT2D eigenvalue weighted by atomic mass is 16.1. The highest BCUT2D eigenvalue weighted by molar-refractivity contribution is 5.95. The van der Waals surface area contributed by atoms with Gasteiger partial charge in [0.25, 0.3) is 5.91 Å². The molecule has 18 heavy (non-hydrogen) atoms. The first-order valence-electron chi connectivity index (χ1n) is 6.55. The van der Waals surface area contributed by atoms with Crippen molar-refractivity contribution < 1.29 is 4.79 Å². The van der Waals surface area contributed by atoms with E-state index in [0.717, 1.165) is 5.69 Å². The number of amides is 1. The van der Waals surface area contributed by atoms with Crippen molar-refractivity contribution in [1.29, 1.82) is 0 Å². The van der Waals surface area contributed by atoms with E-state index in [1.165, 1.54) is 12.8 Å². The molecule has 1 fully saturated rings. The lowest BCUT2D eigenvalue weighted by Crippen LogP contribution is -2.34. The SMILES string of the molecule is CC(C)c1cc(C(=O)NC(C)C2CC2)cc(N)n1. The number of hydrogen-bond donors (Lipinski definition) is 2. The molecule has 1 aromatic rings. The fraction of sp³-hybridized carbons (Fsp3) is 0.571. The molecule has 0 bridgehead atoms. The molecule has 1 saturated carbocycles. The third-order valence-corrected chi connectivity index (χ3v) is 3.41. The molecule has 1 atom stereocenters. The second-order valence-corrected chi connectivity index (χ2v) is 5.46. The standard InChI is InChI=1S/C14H21N3O/c1-8(2)12-6-11(7-13(15)17-12)14(18)16-9(3)10-4-5-10/h6-10H,4-5H2,1-3H3,(H2,15,17)(H,16,18). The van der Waals surface area contributed by atoms with Gasteiger partial charge in [-0.2, -0.15) is 0 Å². The molecule has 0 saturated heterocycles. The van der Waals surface area contributed by atoms with Gasteiger partial charge >= 0.3 is 0 Å². The van der Waals surface area contributed by atoms with Gasteiger partial charge < -0.3 is 11.1 Å². The summed E-state index contributed by atoms with van der Waals surface area (Å²) in [6.45, 7) is 6.13. The zero-order valence-electron chi connectivity index (χ0n) is 11.2. The van der Waals surface area contributed by atoms with Crippen LogP contribution < -0.4 is 11.1 Å². The van der Waals surface area contributed by atoms with Crippen LogP contribution in [0.25, 0.3) is 0 Å². The Morgan fingerprint density at radius 3 is 2.61 bits per heavy atom. The summed E-state index contributed by atoms with van der Waals surface area (Å²) >= 11 is 0. The fourth-order valence-electron chi connectivity index (χ4n) is 2.00. The topological polar surface area (TPSA) is 68.0 Å². The molecule has 1 aliphatic rings. The van der Waals surface area contributed by atoms with Crippen molar-refractivity contribution in [2.45, 2.75) is 45.6 Å². The number of hydrogen-bond acceptors (Lipinski definition) is 3. The zero-order chi connectivity index (χ0) is 13.3. The Morgan fingerprint density at radius 2 is 2.06 bits per heavy atom. The van der Waals surface area contributed by atoms with Crippen LogP contribution in [0.5, 0.6) is 0 Å². The molecule has 3 N–H and O–H groups in total. The van der Waals surface area contributed by atoms with Gasteiger partial charge in [-0.05, 0) is 43.7 Å². The molecule has 0 spiro atoms. The van der Waals surface area contributed by atoms with E-state index in [1.54, 1.807) is 6.07 Å². The van der Waals surface area contributed by atoms with E-state index in [9.17, 15) is 4.79 Å². The van der Waals surface area contributed by atoms with Crippen molar-refractivity contribution in [3.63, 3.8) is 0 Å². The lowest BCUT2D eigenvalue weighted by molar-refractivity contribution is 0.0935. The van der Waals surface area contributed by atoms with E-state index in [0.29, 0.717) is 17.3 Å². The van der Waals surface area contributed by atoms with Crippen LogP contribution in [0.3, 0.4) is 0 Å². The number of pyridine rings is 1. The summed E-state index contributed by atoms with van der Waals surface area (Å²) in [6, 6.07) is 3.71. The Kier molecular flexibility index (Phi) is 3.55. The normalized spacial score (nSPS) is 16.7. The summed E-state index contributed by atoms with van der Waals surface area (Å²) in [5.74, 6) is 1.27. The average molecular weight is 247 g/mol. The summed E-state index contributed by atoms with van der Waals surface area (Å²) in [4.78, 5) is 16.4. The number of rotatable bonds is 4. The van der Waals surface area contributed by atoms with E-state index >= 15 is 0 Å². The quantitative estimate of drug-likeness (QED) is 0.858. The van der Waals surface area contributed by atoms with Gasteiger partial charge in [-0.15, -0.1) is 0 Å². The largest absolute Gasteiger partial charge is 0.384 e. The smallest absolute Gasteiger partial charge is 0.251 e. The average Bonchev–Trinajstić information content (AvgIpc) is 3.11. The first-order chi connectivity index (χ1) is 8.47. The molecule has 4 heteroatoms. The number of nitrogens with zero attached hydrogens (tertiary/aromatic N) is 1. The predicted octanol–water partition coefficient (Wildman–Crippen LogP) is 2.32. The van der Waals surface area contributed by atoms with E-state index in [4.69, 9.17) is 5.73 Å². The second kappa shape index (κ2) is 4.96. The van der Waals surface area contributed by atoms with Crippen LogP contribution in [0.4, 0.5) is 5.82 Å². The van der Waals surface area contributed by atoms with E-state index < -0.39 is 0 Å². The number of anilines is 1. The molecule has 1 aromatic heterocycles. The Balaban J connectivity index is 2.13. The van der Waals surface area contributed by atoms with Crippen LogP contribution in [0.2, 0.25) is 0 Å². The van der Waals surface area contributed by atoms with E-state index in [1.807, 2.05) is 19.9 Å². The fourth-order valence-corrected chi connectivity index (χ4v) is 2.00. The van der Waals surface area contributed by atoms with Gasteiger partial charge in [-0.1, -0.05) is 13.8 Å². The molecule has 0 radical (unpaired) electrons. The van der Waals surface area contributed by atoms with Crippen LogP contribution in [0.15, 0.2) is 12.1 Å². The van der Waals surface area contributed by atoms with E-state index in [2.05, 4.69) is 17.2 Å². The summed E-state index contributed by atoms with van der Waals surface area (Å²) in [5, 5.41) is 3.03. The molecule has 1 amide bonds. The maximum absolute atomic E-state index is 12.1. The summed E-state index contributed by atoms with van der Waals surface area (Å²) < 4.78 is 0. The third kappa shape index (κ3) is 3.00. The van der Waals surface area contributed by atoms with Crippen molar-refractivity contribution in [3.05, 3.63) is 23.4 Å². The van der Waals surface area contributed by atoms with Crippen molar-refractivity contribution in [3.8, 4) is 0 Å². The Hall–Kier alpha value is -1.58. The number of nitrogens with two attached hydrogens (primary N) is 1. The third-order valence-electron chi connectivity index (χ3n) is 3.41. The van der Waals surface area contributed by atoms with Gasteiger partial charge in [-0.3, -0.25) is 4.79 Å². The van der Waals surface area contributed by atoms with Crippen LogP contribution in [-0.4, -0.2) is 16.9 Å². The lowest BCUT2D eigenvalue weighted by Gasteiger charge is -2.14. The number of aromatic nitrogens is 1. The van der Waals surface area contributed by atoms with Crippen molar-refractivity contribution in [1.82, 2.24) is 10.3 Å². The molecule has 1 aliphatic carbocycles. The van der Waals surface area contributed by atoms with Gasteiger partial charge in [0, 0.05) is 17.3 Å². The monoisotopic (exact) mass is 247 g/mol. The minimum atomic E-state index is -0.0506. The summed E-state index contributed by atoms with van der Waals surface area (Å²) in [7, 11) is 0. The number of carbonyl (C=O) groups is 1. The molecule has 0 aliphatic heterocycles. The van der Waals surface area contributed by atoms with Crippen molar-refractivity contribution in [2.75, 3.05) is 5.73 Å². The molecule has 0 aromatic carbocycles. The van der Waals surface area contributed by atoms with Gasteiger partial charge in [0.2, 0.25) is 0 Å². The summed E-state index contributed by atoms with van der Waals surface area (Å²) in [5.41, 5.74) is 7.22. The van der Waals surface area contributed by atoms with Crippen molar-refractivity contribution in [2.24, 2.45) is 5.92 Å². The maximum atomic E-state index is 12.1. The molecule has 1 heterocycles. The second-order valence-electron chi connectivity index (χ2n) is 5.46. The Morgan fingerprint density at radius 1 is 1.39 bits per heavy atom. The van der Waals surface area contributed by atoms with Crippen LogP contribution in [0, 0.1) is 5.92 Å². The lowest BCUT2D eigenvalue weighted by atomic mass is 10.1. The van der Waals surface area contributed by atoms with E-state index in [-0.39, 0.29) is 17.9 Å². The van der Waals surface area contributed by atoms with Crippen molar-refractivity contribution >= 4 is 11.7 Å². The number of carbonyl (C=O) groups excluding carboxylic acids is 1. The highest BCUT2D eigenvalue weighted by Crippen LogP contribution is 2.32. The minimum absolute atomic E-state index is 0.0506. The maximum Gasteiger partial charge on any atom is 0.251 e. The zero-order valence-corrected chi connectivity index (χ0v) is 11.2. The van der Waals surface area contributed by atoms with Gasteiger partial charge in [0.1, 0.15) is 5.82 Å². The van der Waals surface area contributed by atoms with Crippen LogP contribution in [-0.2, 0) is 0 Å². The Labute approximate surface area is 108 Å². The molecular weight excluding hydrogens is 226 g/mol. The summed E-state index contributed by atoms with van der Waals surface area (Å²) in [6.07, 6.45) is 2.44. The van der Waals surface area contributed by atoms with Crippen LogP contribution >= 0.6 is 0 Å². The van der Waals surface area contributed by atoms with Gasteiger partial charge in [0.15, 0.2) is 0 Å². The predicted molar refractivity (Wildman–Crippen MR) is 72.4 cm³/mol.